The monoisotopic (exact) mass is 492 g/mol. The number of carboxylic acids is 2. The molecule has 0 aliphatic rings. The van der Waals surface area contributed by atoms with Crippen molar-refractivity contribution in [2.75, 3.05) is 0 Å². The molecule has 0 aromatic rings. The van der Waals surface area contributed by atoms with Gasteiger partial charge in [0.1, 0.15) is 11.2 Å². The summed E-state index contributed by atoms with van der Waals surface area (Å²) >= 11 is 0. The molecule has 0 bridgehead atoms. The summed E-state index contributed by atoms with van der Waals surface area (Å²) in [6.07, 6.45) is 4.31. The summed E-state index contributed by atoms with van der Waals surface area (Å²) in [7, 11) is 0. The van der Waals surface area contributed by atoms with Crippen molar-refractivity contribution >= 4 is 11.9 Å². The second-order valence-electron chi connectivity index (χ2n) is 7.68. The fourth-order valence-electron chi connectivity index (χ4n) is 4.73. The summed E-state index contributed by atoms with van der Waals surface area (Å²) in [6.45, 7) is 14.9. The Morgan fingerprint density at radius 2 is 0.724 bits per heavy atom. The zero-order chi connectivity index (χ0) is 22.8. The molecule has 0 rings (SSSR count). The van der Waals surface area contributed by atoms with Gasteiger partial charge in [-0.15, -0.1) is 0 Å². The average Bonchev–Trinajstić information content (AvgIpc) is 2.70. The van der Waals surface area contributed by atoms with Gasteiger partial charge in [-0.05, 0) is 51.4 Å². The molecule has 0 amide bonds. The van der Waals surface area contributed by atoms with E-state index in [1.165, 1.54) is 0 Å². The third kappa shape index (κ3) is 6.37. The molecular formula is C22H42O6Zr. The van der Waals surface area contributed by atoms with E-state index in [-0.39, 0.29) is 39.0 Å². The predicted octanol–water partition coefficient (Wildman–Crippen LogP) is 2.19. The number of hydrogen-bond donors (Lipinski definition) is 2. The summed E-state index contributed by atoms with van der Waals surface area (Å²) < 4.78 is 0. The van der Waals surface area contributed by atoms with Gasteiger partial charge in [0.2, 0.25) is 0 Å². The zero-order valence-electron chi connectivity index (χ0n) is 19.7. The predicted molar refractivity (Wildman–Crippen MR) is 107 cm³/mol. The van der Waals surface area contributed by atoms with E-state index in [9.17, 15) is 30.0 Å². The molecule has 0 aliphatic carbocycles. The van der Waals surface area contributed by atoms with Crippen LogP contribution in [0.25, 0.3) is 0 Å². The van der Waals surface area contributed by atoms with Crippen LogP contribution in [0, 0.1) is 10.8 Å². The molecule has 0 fully saturated rings. The first kappa shape index (κ1) is 33.4. The third-order valence-electron chi connectivity index (χ3n) is 7.51. The van der Waals surface area contributed by atoms with Gasteiger partial charge in [0.15, 0.2) is 0 Å². The van der Waals surface area contributed by atoms with Crippen LogP contribution in [0.5, 0.6) is 0 Å². The van der Waals surface area contributed by atoms with E-state index in [1.807, 2.05) is 41.5 Å². The van der Waals surface area contributed by atoms with Crippen molar-refractivity contribution in [2.24, 2.45) is 10.8 Å². The maximum atomic E-state index is 11.0. The summed E-state index contributed by atoms with van der Waals surface area (Å²) in [6, 6.07) is 0. The van der Waals surface area contributed by atoms with Gasteiger partial charge in [-0.1, -0.05) is 55.4 Å². The fourth-order valence-corrected chi connectivity index (χ4v) is 4.73. The molecule has 7 heteroatoms. The Kier molecular flexibility index (Phi) is 16.0. The van der Waals surface area contributed by atoms with Crippen molar-refractivity contribution in [3.05, 3.63) is 0 Å². The fraction of sp³-hybridized carbons (Fsp3) is 0.909. The first-order valence-electron chi connectivity index (χ1n) is 10.7. The first-order valence-corrected chi connectivity index (χ1v) is 10.7. The molecule has 0 radical (unpaired) electrons. The smallest absolute Gasteiger partial charge is 0.547 e. The van der Waals surface area contributed by atoms with Gasteiger partial charge in [0.05, 0.1) is 11.9 Å². The quantitative estimate of drug-likeness (QED) is 0.430. The Morgan fingerprint density at radius 1 is 0.552 bits per heavy atom. The van der Waals surface area contributed by atoms with E-state index in [0.717, 1.165) is 0 Å². The van der Waals surface area contributed by atoms with Gasteiger partial charge in [0, 0.05) is 10.8 Å². The van der Waals surface area contributed by atoms with Crippen LogP contribution in [-0.2, 0) is 35.8 Å². The largest absolute Gasteiger partial charge is 2.00 e. The second kappa shape index (κ2) is 13.9. The molecule has 170 valence electrons. The van der Waals surface area contributed by atoms with Crippen molar-refractivity contribution in [1.29, 1.82) is 0 Å². The average molecular weight is 494 g/mol. The van der Waals surface area contributed by atoms with Gasteiger partial charge in [0.25, 0.3) is 0 Å². The normalized spacial score (nSPS) is 15.8. The number of rotatable bonds is 12. The zero-order valence-corrected chi connectivity index (χ0v) is 22.1. The number of carbonyl (C=O) groups is 2. The molecule has 0 saturated carbocycles. The molecule has 0 heterocycles. The van der Waals surface area contributed by atoms with E-state index in [2.05, 4.69) is 0 Å². The number of aliphatic carboxylic acids is 2. The van der Waals surface area contributed by atoms with E-state index in [4.69, 9.17) is 0 Å². The maximum Gasteiger partial charge on any atom is 2.00 e. The van der Waals surface area contributed by atoms with Crippen molar-refractivity contribution in [3.63, 3.8) is 0 Å². The molecule has 2 unspecified atom stereocenters. The molecule has 2 N–H and O–H groups in total. The molecule has 0 spiro atoms. The maximum absolute atomic E-state index is 11.0. The molecule has 29 heavy (non-hydrogen) atoms. The molecule has 6 nitrogen and oxygen atoms in total. The molecule has 0 aromatic heterocycles. The van der Waals surface area contributed by atoms with Crippen LogP contribution >= 0.6 is 0 Å². The minimum atomic E-state index is -1.69. The number of carbonyl (C=O) groups excluding carboxylic acids is 2. The van der Waals surface area contributed by atoms with Gasteiger partial charge in [-0.2, -0.15) is 0 Å². The summed E-state index contributed by atoms with van der Waals surface area (Å²) in [5.74, 6) is -2.68. The van der Waals surface area contributed by atoms with Crippen LogP contribution < -0.4 is 10.2 Å². The van der Waals surface area contributed by atoms with Crippen LogP contribution in [0.4, 0.5) is 0 Å². The van der Waals surface area contributed by atoms with Crippen LogP contribution in [-0.4, -0.2) is 33.4 Å². The molecule has 0 aromatic carbocycles. The van der Waals surface area contributed by atoms with E-state index in [1.54, 1.807) is 13.8 Å². The number of hydrogen-bond acceptors (Lipinski definition) is 6. The van der Waals surface area contributed by atoms with Crippen LogP contribution in [0.15, 0.2) is 0 Å². The second-order valence-corrected chi connectivity index (χ2v) is 7.68. The van der Waals surface area contributed by atoms with E-state index < -0.39 is 34.0 Å². The summed E-state index contributed by atoms with van der Waals surface area (Å²) in [5, 5.41) is 42.3. The van der Waals surface area contributed by atoms with Crippen LogP contribution in [0.2, 0.25) is 0 Å². The molecule has 0 saturated heterocycles. The Morgan fingerprint density at radius 3 is 0.759 bits per heavy atom. The van der Waals surface area contributed by atoms with Crippen molar-refractivity contribution in [1.82, 2.24) is 0 Å². The van der Waals surface area contributed by atoms with Gasteiger partial charge < -0.3 is 30.0 Å². The number of aliphatic hydroxyl groups is 2. The number of carboxylic acid groups (broad SMARTS) is 2. The Hall–Kier alpha value is -0.257. The topological polar surface area (TPSA) is 121 Å². The molecule has 0 aliphatic heterocycles. The van der Waals surface area contributed by atoms with Crippen molar-refractivity contribution < 1.29 is 56.2 Å². The van der Waals surface area contributed by atoms with Crippen molar-refractivity contribution in [2.45, 2.75) is 118 Å². The molecule has 2 atom stereocenters. The standard InChI is InChI=1S/2C11H22O3.Zr/c2*1-5-10(6-2,7-3)11(14,8-4)9(12)13;/h2*14H,5-8H2,1-4H3,(H,12,13);/q;;+2/p-2. The van der Waals surface area contributed by atoms with Crippen LogP contribution in [0.3, 0.4) is 0 Å². The van der Waals surface area contributed by atoms with E-state index >= 15 is 0 Å². The van der Waals surface area contributed by atoms with Gasteiger partial charge >= 0.3 is 26.2 Å². The Balaban J connectivity index is -0.000000451. The van der Waals surface area contributed by atoms with Crippen LogP contribution in [0.1, 0.15) is 107 Å². The van der Waals surface area contributed by atoms with Gasteiger partial charge in [-0.3, -0.25) is 0 Å². The minimum absolute atomic E-state index is 0. The molecular weight excluding hydrogens is 451 g/mol. The Bertz CT molecular complexity index is 427. The third-order valence-corrected chi connectivity index (χ3v) is 7.51. The van der Waals surface area contributed by atoms with Gasteiger partial charge in [-0.25, -0.2) is 0 Å². The summed E-state index contributed by atoms with van der Waals surface area (Å²) in [4.78, 5) is 22.0. The first-order chi connectivity index (χ1) is 12.9. The SMILES string of the molecule is CCC(CC)(CC)C(O)(CC)C(=O)[O-].CCC(CC)(CC)C(O)(CC)C(=O)[O-].[Zr+2]. The Labute approximate surface area is 196 Å². The van der Waals surface area contributed by atoms with Crippen molar-refractivity contribution in [3.8, 4) is 0 Å². The van der Waals surface area contributed by atoms with E-state index in [0.29, 0.717) is 38.5 Å². The minimum Gasteiger partial charge on any atom is -0.547 e. The summed E-state index contributed by atoms with van der Waals surface area (Å²) in [5.41, 5.74) is -4.49.